The molecule has 33 heavy (non-hydrogen) atoms. The van der Waals surface area contributed by atoms with Gasteiger partial charge in [-0.25, -0.2) is 14.2 Å². The molecule has 0 radical (unpaired) electrons. The Balaban J connectivity index is 1.64. The fourth-order valence-electron chi connectivity index (χ4n) is 5.00. The van der Waals surface area contributed by atoms with E-state index in [1.54, 1.807) is 18.3 Å². The van der Waals surface area contributed by atoms with Crippen molar-refractivity contribution in [1.29, 1.82) is 0 Å². The fraction of sp³-hybridized carbons (Fsp3) is 0.375. The molecular weight excluding hydrogens is 427 g/mol. The Morgan fingerprint density at radius 2 is 1.94 bits per heavy atom. The number of hydrogen-bond acceptors (Lipinski definition) is 6. The minimum absolute atomic E-state index is 0.0602. The summed E-state index contributed by atoms with van der Waals surface area (Å²) in [4.78, 5) is 22.1. The topological polar surface area (TPSA) is 122 Å². The maximum absolute atomic E-state index is 15.4. The van der Waals surface area contributed by atoms with Gasteiger partial charge in [-0.2, -0.15) is 0 Å². The van der Waals surface area contributed by atoms with Crippen molar-refractivity contribution in [2.45, 2.75) is 44.8 Å². The van der Waals surface area contributed by atoms with Crippen LogP contribution in [0.3, 0.4) is 0 Å². The standard InChI is InChI=1S/C24H25FN4O4/c1-12-16(10-27-18-2-3-19(30)21(12)18)15-8-13-9-20(28-11-17(13)23(26)22(15)25)29(24(31)32)14-4-6-33-7-5-14/h8-11,14,19,30H,2-7,26H2,1H3,(H,31,32). The van der Waals surface area contributed by atoms with Crippen LogP contribution in [-0.4, -0.2) is 45.5 Å². The molecule has 0 spiro atoms. The molecule has 8 nitrogen and oxygen atoms in total. The molecule has 1 aliphatic heterocycles. The Hall–Kier alpha value is -3.30. The molecule has 2 aliphatic rings. The van der Waals surface area contributed by atoms with Crippen LogP contribution in [0.15, 0.2) is 24.5 Å². The molecule has 172 valence electrons. The van der Waals surface area contributed by atoms with Crippen LogP contribution in [0.4, 0.5) is 20.7 Å². The van der Waals surface area contributed by atoms with Crippen molar-refractivity contribution in [3.63, 3.8) is 0 Å². The van der Waals surface area contributed by atoms with Gasteiger partial charge in [-0.05, 0) is 55.7 Å². The number of aryl methyl sites for hydroxylation is 1. The van der Waals surface area contributed by atoms with Crippen molar-refractivity contribution < 1.29 is 24.1 Å². The number of aromatic nitrogens is 2. The van der Waals surface area contributed by atoms with E-state index in [4.69, 9.17) is 10.5 Å². The summed E-state index contributed by atoms with van der Waals surface area (Å²) >= 11 is 0. The summed E-state index contributed by atoms with van der Waals surface area (Å²) in [5, 5.41) is 21.2. The molecule has 3 heterocycles. The number of halogens is 1. The van der Waals surface area contributed by atoms with Gasteiger partial charge in [0, 0.05) is 59.4 Å². The van der Waals surface area contributed by atoms with Crippen LogP contribution in [-0.2, 0) is 11.2 Å². The fourth-order valence-corrected chi connectivity index (χ4v) is 5.00. The van der Waals surface area contributed by atoms with E-state index >= 15 is 4.39 Å². The van der Waals surface area contributed by atoms with Crippen molar-refractivity contribution >= 4 is 28.4 Å². The second-order valence-electron chi connectivity index (χ2n) is 8.62. The number of nitrogens with zero attached hydrogens (tertiary/aromatic N) is 3. The van der Waals surface area contributed by atoms with E-state index < -0.39 is 18.0 Å². The number of ether oxygens (including phenoxy) is 1. The number of aliphatic hydroxyl groups excluding tert-OH is 1. The van der Waals surface area contributed by atoms with E-state index in [-0.39, 0.29) is 23.1 Å². The zero-order chi connectivity index (χ0) is 23.3. The molecule has 0 saturated carbocycles. The van der Waals surface area contributed by atoms with Crippen LogP contribution < -0.4 is 10.6 Å². The quantitative estimate of drug-likeness (QED) is 0.514. The highest BCUT2D eigenvalue weighted by atomic mass is 19.1. The Morgan fingerprint density at radius 1 is 1.18 bits per heavy atom. The molecule has 2 aromatic heterocycles. The lowest BCUT2D eigenvalue weighted by molar-refractivity contribution is 0.0836. The first-order valence-corrected chi connectivity index (χ1v) is 11.0. The SMILES string of the molecule is Cc1c(-c2cc3cc(N(C(=O)O)C4CCOCC4)ncc3c(N)c2F)cnc2c1C(O)CC2. The molecule has 1 unspecified atom stereocenters. The van der Waals surface area contributed by atoms with Crippen molar-refractivity contribution in [3.05, 3.63) is 47.2 Å². The number of fused-ring (bicyclic) bond motifs is 2. The number of nitrogen functional groups attached to an aromatic ring is 1. The summed E-state index contributed by atoms with van der Waals surface area (Å²) in [6, 6.07) is 3.03. The molecule has 1 aromatic carbocycles. The van der Waals surface area contributed by atoms with Crippen LogP contribution >= 0.6 is 0 Å². The number of hydrogen-bond donors (Lipinski definition) is 3. The van der Waals surface area contributed by atoms with Gasteiger partial charge in [-0.3, -0.25) is 9.88 Å². The van der Waals surface area contributed by atoms with Gasteiger partial charge < -0.3 is 20.7 Å². The number of carbonyl (C=O) groups is 1. The Labute approximate surface area is 189 Å². The number of amides is 1. The summed E-state index contributed by atoms with van der Waals surface area (Å²) in [5.74, 6) is -0.327. The third-order valence-corrected chi connectivity index (χ3v) is 6.74. The Morgan fingerprint density at radius 3 is 2.67 bits per heavy atom. The van der Waals surface area contributed by atoms with Crippen molar-refractivity contribution in [2.75, 3.05) is 23.8 Å². The van der Waals surface area contributed by atoms with E-state index in [2.05, 4.69) is 9.97 Å². The van der Waals surface area contributed by atoms with Crippen molar-refractivity contribution in [3.8, 4) is 11.1 Å². The first-order valence-electron chi connectivity index (χ1n) is 11.0. The normalized spacial score (nSPS) is 18.5. The molecule has 0 bridgehead atoms. The first-order chi connectivity index (χ1) is 15.9. The lowest BCUT2D eigenvalue weighted by Gasteiger charge is -2.31. The molecule has 5 rings (SSSR count). The molecular formula is C24H25FN4O4. The second-order valence-corrected chi connectivity index (χ2v) is 8.62. The zero-order valence-corrected chi connectivity index (χ0v) is 18.2. The van der Waals surface area contributed by atoms with Crippen LogP contribution in [0.1, 0.15) is 42.2 Å². The maximum Gasteiger partial charge on any atom is 0.413 e. The number of aliphatic hydroxyl groups is 1. The largest absolute Gasteiger partial charge is 0.465 e. The average Bonchev–Trinajstić information content (AvgIpc) is 3.19. The van der Waals surface area contributed by atoms with Crippen molar-refractivity contribution in [1.82, 2.24) is 9.97 Å². The van der Waals surface area contributed by atoms with E-state index in [1.807, 2.05) is 6.92 Å². The van der Waals surface area contributed by atoms with Crippen LogP contribution in [0.25, 0.3) is 21.9 Å². The molecule has 1 fully saturated rings. The lowest BCUT2D eigenvalue weighted by atomic mass is 9.94. The number of carboxylic acid groups (broad SMARTS) is 1. The predicted octanol–water partition coefficient (Wildman–Crippen LogP) is 3.97. The minimum Gasteiger partial charge on any atom is -0.465 e. The van der Waals surface area contributed by atoms with E-state index in [0.29, 0.717) is 55.2 Å². The van der Waals surface area contributed by atoms with Gasteiger partial charge in [-0.1, -0.05) is 0 Å². The molecule has 9 heteroatoms. The molecule has 1 saturated heterocycles. The van der Waals surface area contributed by atoms with Gasteiger partial charge in [0.05, 0.1) is 11.8 Å². The summed E-state index contributed by atoms with van der Waals surface area (Å²) in [5.41, 5.74) is 9.25. The average molecular weight is 452 g/mol. The van der Waals surface area contributed by atoms with E-state index in [9.17, 15) is 15.0 Å². The number of nitrogens with two attached hydrogens (primary N) is 1. The molecule has 4 N–H and O–H groups in total. The molecule has 1 aliphatic carbocycles. The zero-order valence-electron chi connectivity index (χ0n) is 18.2. The number of pyridine rings is 2. The Kier molecular flexibility index (Phi) is 5.38. The summed E-state index contributed by atoms with van der Waals surface area (Å²) < 4.78 is 20.7. The Bertz CT molecular complexity index is 1260. The smallest absolute Gasteiger partial charge is 0.413 e. The second kappa shape index (κ2) is 8.24. The minimum atomic E-state index is -1.10. The van der Waals surface area contributed by atoms with Crippen LogP contribution in [0, 0.1) is 12.7 Å². The van der Waals surface area contributed by atoms with Gasteiger partial charge in [0.15, 0.2) is 5.82 Å². The molecule has 1 atom stereocenters. The summed E-state index contributed by atoms with van der Waals surface area (Å²) in [7, 11) is 0. The summed E-state index contributed by atoms with van der Waals surface area (Å²) in [6.07, 6.45) is 3.75. The monoisotopic (exact) mass is 452 g/mol. The van der Waals surface area contributed by atoms with Crippen molar-refractivity contribution in [2.24, 2.45) is 0 Å². The number of anilines is 2. The van der Waals surface area contributed by atoms with E-state index in [1.165, 1.54) is 11.1 Å². The first kappa shape index (κ1) is 21.5. The highest BCUT2D eigenvalue weighted by Crippen LogP contribution is 2.40. The molecule has 1 amide bonds. The van der Waals surface area contributed by atoms with Gasteiger partial charge in [-0.15, -0.1) is 0 Å². The number of rotatable bonds is 3. The lowest BCUT2D eigenvalue weighted by Crippen LogP contribution is -2.43. The van der Waals surface area contributed by atoms with Crippen LogP contribution in [0.5, 0.6) is 0 Å². The van der Waals surface area contributed by atoms with E-state index in [0.717, 1.165) is 16.8 Å². The van der Waals surface area contributed by atoms with Gasteiger partial charge in [0.1, 0.15) is 5.82 Å². The predicted molar refractivity (Wildman–Crippen MR) is 122 cm³/mol. The highest BCUT2D eigenvalue weighted by molar-refractivity contribution is 5.99. The third-order valence-electron chi connectivity index (χ3n) is 6.74. The van der Waals surface area contributed by atoms with Gasteiger partial charge in [0.2, 0.25) is 0 Å². The highest BCUT2D eigenvalue weighted by Gasteiger charge is 2.29. The maximum atomic E-state index is 15.4. The summed E-state index contributed by atoms with van der Waals surface area (Å²) in [6.45, 7) is 2.82. The van der Waals surface area contributed by atoms with Gasteiger partial charge >= 0.3 is 6.09 Å². The third kappa shape index (κ3) is 3.57. The molecule has 3 aromatic rings. The van der Waals surface area contributed by atoms with Gasteiger partial charge in [0.25, 0.3) is 0 Å². The van der Waals surface area contributed by atoms with Crippen LogP contribution in [0.2, 0.25) is 0 Å². The number of benzene rings is 1.